The summed E-state index contributed by atoms with van der Waals surface area (Å²) in [6.45, 7) is 6.53. The molecule has 0 aliphatic heterocycles. The number of halogens is 1. The molecule has 0 aliphatic carbocycles. The Labute approximate surface area is 157 Å². The van der Waals surface area contributed by atoms with Crippen molar-refractivity contribution in [2.75, 3.05) is 13.2 Å². The lowest BCUT2D eigenvalue weighted by molar-refractivity contribution is -0.159. The number of carbonyl (C=O) groups is 2. The molecule has 0 spiro atoms. The smallest absolute Gasteiger partial charge is 0.414 e. The van der Waals surface area contributed by atoms with Crippen molar-refractivity contribution in [1.29, 1.82) is 0 Å². The SMILES string of the molecule is CC(C)OCCCNCc1cc2ccccc2nc1Cl.O=C(O)C(=O)O. The topological polar surface area (TPSA) is 109 Å². The third-order valence-electron chi connectivity index (χ3n) is 3.20. The van der Waals surface area contributed by atoms with Crippen LogP contribution in [-0.4, -0.2) is 46.4 Å². The number of fused-ring (bicyclic) bond motifs is 1. The number of rotatable bonds is 7. The highest BCUT2D eigenvalue weighted by atomic mass is 35.5. The van der Waals surface area contributed by atoms with Crippen molar-refractivity contribution < 1.29 is 24.5 Å². The van der Waals surface area contributed by atoms with Crippen molar-refractivity contribution in [3.05, 3.63) is 41.0 Å². The van der Waals surface area contributed by atoms with Crippen LogP contribution in [0.3, 0.4) is 0 Å². The minimum absolute atomic E-state index is 0.300. The molecule has 1 heterocycles. The Bertz CT molecular complexity index is 725. The van der Waals surface area contributed by atoms with Crippen LogP contribution in [0, 0.1) is 0 Å². The summed E-state index contributed by atoms with van der Waals surface area (Å²) in [7, 11) is 0. The van der Waals surface area contributed by atoms with Gasteiger partial charge in [0.2, 0.25) is 0 Å². The van der Waals surface area contributed by atoms with E-state index in [1.165, 1.54) is 0 Å². The quantitative estimate of drug-likeness (QED) is 0.383. The molecule has 2 aromatic rings. The molecule has 7 nitrogen and oxygen atoms in total. The summed E-state index contributed by atoms with van der Waals surface area (Å²) >= 11 is 6.21. The number of carboxylic acids is 2. The lowest BCUT2D eigenvalue weighted by Crippen LogP contribution is -2.17. The fourth-order valence-electron chi connectivity index (χ4n) is 2.00. The fraction of sp³-hybridized carbons (Fsp3) is 0.389. The summed E-state index contributed by atoms with van der Waals surface area (Å²) < 4.78 is 5.50. The van der Waals surface area contributed by atoms with Crippen LogP contribution in [0.2, 0.25) is 5.15 Å². The van der Waals surface area contributed by atoms with Crippen LogP contribution in [-0.2, 0) is 20.9 Å². The average Bonchev–Trinajstić information content (AvgIpc) is 2.58. The zero-order valence-corrected chi connectivity index (χ0v) is 15.5. The Kier molecular flexibility index (Phi) is 9.57. The van der Waals surface area contributed by atoms with E-state index in [-0.39, 0.29) is 0 Å². The average molecular weight is 383 g/mol. The minimum Gasteiger partial charge on any atom is -0.473 e. The summed E-state index contributed by atoms with van der Waals surface area (Å²) in [6, 6.07) is 10.1. The molecule has 26 heavy (non-hydrogen) atoms. The molecule has 1 aromatic heterocycles. The number of aliphatic carboxylic acids is 2. The molecule has 1 aromatic carbocycles. The molecule has 142 valence electrons. The molecule has 3 N–H and O–H groups in total. The predicted molar refractivity (Wildman–Crippen MR) is 99.4 cm³/mol. The summed E-state index contributed by atoms with van der Waals surface area (Å²) in [5.74, 6) is -3.65. The van der Waals surface area contributed by atoms with E-state index in [2.05, 4.69) is 22.4 Å². The summed E-state index contributed by atoms with van der Waals surface area (Å²) in [5.41, 5.74) is 1.97. The van der Waals surface area contributed by atoms with E-state index in [1.54, 1.807) is 0 Å². The van der Waals surface area contributed by atoms with Gasteiger partial charge in [0.1, 0.15) is 5.15 Å². The van der Waals surface area contributed by atoms with Crippen LogP contribution in [0.1, 0.15) is 25.8 Å². The van der Waals surface area contributed by atoms with Crippen molar-refractivity contribution in [1.82, 2.24) is 10.3 Å². The molecular weight excluding hydrogens is 360 g/mol. The number of carboxylic acid groups (broad SMARTS) is 2. The zero-order chi connectivity index (χ0) is 19.5. The lowest BCUT2D eigenvalue weighted by atomic mass is 10.1. The van der Waals surface area contributed by atoms with Crippen molar-refractivity contribution in [2.45, 2.75) is 32.9 Å². The van der Waals surface area contributed by atoms with Gasteiger partial charge in [0.15, 0.2) is 0 Å². The van der Waals surface area contributed by atoms with E-state index < -0.39 is 11.9 Å². The maximum Gasteiger partial charge on any atom is 0.414 e. The monoisotopic (exact) mass is 382 g/mol. The highest BCUT2D eigenvalue weighted by Crippen LogP contribution is 2.20. The summed E-state index contributed by atoms with van der Waals surface area (Å²) in [6.07, 6.45) is 1.30. The Morgan fingerprint density at radius 1 is 1.23 bits per heavy atom. The molecule has 0 aliphatic rings. The van der Waals surface area contributed by atoms with Gasteiger partial charge in [-0.15, -0.1) is 0 Å². The van der Waals surface area contributed by atoms with Crippen molar-refractivity contribution in [2.24, 2.45) is 0 Å². The zero-order valence-electron chi connectivity index (χ0n) is 14.7. The summed E-state index contributed by atoms with van der Waals surface area (Å²) in [4.78, 5) is 22.6. The largest absolute Gasteiger partial charge is 0.473 e. The Morgan fingerprint density at radius 2 is 1.88 bits per heavy atom. The van der Waals surface area contributed by atoms with Gasteiger partial charge in [-0.05, 0) is 38.9 Å². The first-order valence-electron chi connectivity index (χ1n) is 8.14. The van der Waals surface area contributed by atoms with Crippen molar-refractivity contribution >= 4 is 34.4 Å². The maximum atomic E-state index is 9.10. The molecule has 0 fully saturated rings. The number of aromatic nitrogens is 1. The molecule has 0 atom stereocenters. The highest BCUT2D eigenvalue weighted by Gasteiger charge is 2.05. The van der Waals surface area contributed by atoms with Crippen molar-refractivity contribution in [3.8, 4) is 0 Å². The number of nitrogens with one attached hydrogen (secondary N) is 1. The van der Waals surface area contributed by atoms with Gasteiger partial charge >= 0.3 is 11.9 Å². The Balaban J connectivity index is 0.000000487. The van der Waals surface area contributed by atoms with Gasteiger partial charge in [0.05, 0.1) is 11.6 Å². The van der Waals surface area contributed by atoms with Gasteiger partial charge in [-0.3, -0.25) is 0 Å². The van der Waals surface area contributed by atoms with E-state index in [4.69, 9.17) is 36.1 Å². The normalized spacial score (nSPS) is 10.5. The first-order chi connectivity index (χ1) is 12.3. The number of nitrogens with zero attached hydrogens (tertiary/aromatic N) is 1. The second-order valence-corrected chi connectivity index (χ2v) is 6.05. The van der Waals surface area contributed by atoms with Crippen LogP contribution in [0.4, 0.5) is 0 Å². The molecule has 0 radical (unpaired) electrons. The van der Waals surface area contributed by atoms with Gasteiger partial charge < -0.3 is 20.3 Å². The van der Waals surface area contributed by atoms with Crippen molar-refractivity contribution in [3.63, 3.8) is 0 Å². The van der Waals surface area contributed by atoms with Crippen LogP contribution in [0.5, 0.6) is 0 Å². The number of hydrogen-bond acceptors (Lipinski definition) is 5. The fourth-order valence-corrected chi connectivity index (χ4v) is 2.21. The first-order valence-corrected chi connectivity index (χ1v) is 8.51. The highest BCUT2D eigenvalue weighted by molar-refractivity contribution is 6.30. The van der Waals surface area contributed by atoms with E-state index in [0.29, 0.717) is 11.3 Å². The second-order valence-electron chi connectivity index (χ2n) is 5.69. The van der Waals surface area contributed by atoms with Gasteiger partial charge in [0, 0.05) is 24.1 Å². The van der Waals surface area contributed by atoms with E-state index in [9.17, 15) is 0 Å². The summed E-state index contributed by atoms with van der Waals surface area (Å²) in [5, 5.41) is 19.9. The number of pyridine rings is 1. The van der Waals surface area contributed by atoms with Crippen LogP contribution in [0.25, 0.3) is 10.9 Å². The Hall–Kier alpha value is -2.22. The molecular formula is C18H23ClN2O5. The van der Waals surface area contributed by atoms with E-state index in [0.717, 1.165) is 42.6 Å². The maximum absolute atomic E-state index is 9.10. The molecule has 0 unspecified atom stereocenters. The van der Waals surface area contributed by atoms with Crippen LogP contribution in [0.15, 0.2) is 30.3 Å². The first kappa shape index (κ1) is 21.8. The minimum atomic E-state index is -1.82. The third-order valence-corrected chi connectivity index (χ3v) is 3.52. The van der Waals surface area contributed by atoms with Gasteiger partial charge in [-0.2, -0.15) is 0 Å². The third kappa shape index (κ3) is 8.24. The van der Waals surface area contributed by atoms with E-state index >= 15 is 0 Å². The number of ether oxygens (including phenoxy) is 1. The van der Waals surface area contributed by atoms with Gasteiger partial charge in [0.25, 0.3) is 0 Å². The molecule has 0 saturated carbocycles. The van der Waals surface area contributed by atoms with Crippen LogP contribution >= 0.6 is 11.6 Å². The molecule has 8 heteroatoms. The lowest BCUT2D eigenvalue weighted by Gasteiger charge is -2.09. The molecule has 0 saturated heterocycles. The van der Waals surface area contributed by atoms with Gasteiger partial charge in [-0.1, -0.05) is 29.8 Å². The number of para-hydroxylation sites is 1. The van der Waals surface area contributed by atoms with Gasteiger partial charge in [-0.25, -0.2) is 14.6 Å². The number of hydrogen-bond donors (Lipinski definition) is 3. The molecule has 2 rings (SSSR count). The Morgan fingerprint density at radius 3 is 2.50 bits per heavy atom. The molecule has 0 amide bonds. The predicted octanol–water partition coefficient (Wildman–Crippen LogP) is 2.95. The standard InChI is InChI=1S/C16H21ClN2O.C2H2O4/c1-12(2)20-9-5-8-18-11-14-10-13-6-3-4-7-15(13)19-16(14)17;3-1(4)2(5)6/h3-4,6-7,10,12,18H,5,8-9,11H2,1-2H3;(H,3,4)(H,5,6). The molecule has 0 bridgehead atoms. The number of benzene rings is 1. The van der Waals surface area contributed by atoms with Crippen LogP contribution < -0.4 is 5.32 Å². The second kappa shape index (κ2) is 11.4. The van der Waals surface area contributed by atoms with E-state index in [1.807, 2.05) is 32.0 Å².